The zero-order valence-electron chi connectivity index (χ0n) is 12.0. The minimum atomic E-state index is -0.224. The number of phenolic OH excluding ortho intramolecular Hbond substituents is 1. The van der Waals surface area contributed by atoms with E-state index in [2.05, 4.69) is 19.2 Å². The smallest absolute Gasteiger partial charge is 0.255 e. The fourth-order valence-corrected chi connectivity index (χ4v) is 2.25. The summed E-state index contributed by atoms with van der Waals surface area (Å²) < 4.78 is 0. The molecule has 0 bridgehead atoms. The number of phenols is 1. The van der Waals surface area contributed by atoms with Crippen molar-refractivity contribution < 1.29 is 9.90 Å². The number of aryl methyl sites for hydroxylation is 1. The third-order valence-electron chi connectivity index (χ3n) is 3.26. The number of hydrogen-bond donors (Lipinski definition) is 2. The van der Waals surface area contributed by atoms with Gasteiger partial charge in [0, 0.05) is 11.3 Å². The topological polar surface area (TPSA) is 49.3 Å². The SMILES string of the molecule is Cc1cc(NC(=O)c2cccc(O)c2)ccc1C(C)C. The Morgan fingerprint density at radius 1 is 1.15 bits per heavy atom. The second-order valence-corrected chi connectivity index (χ2v) is 5.23. The first-order valence-corrected chi connectivity index (χ1v) is 6.68. The van der Waals surface area contributed by atoms with Crippen molar-refractivity contribution in [3.8, 4) is 5.75 Å². The first-order chi connectivity index (χ1) is 9.47. The molecular weight excluding hydrogens is 250 g/mol. The summed E-state index contributed by atoms with van der Waals surface area (Å²) in [4.78, 5) is 12.1. The number of anilines is 1. The Bertz CT molecular complexity index is 633. The van der Waals surface area contributed by atoms with Gasteiger partial charge < -0.3 is 10.4 Å². The minimum Gasteiger partial charge on any atom is -0.508 e. The van der Waals surface area contributed by atoms with Crippen molar-refractivity contribution in [3.63, 3.8) is 0 Å². The highest BCUT2D eigenvalue weighted by Crippen LogP contribution is 2.22. The summed E-state index contributed by atoms with van der Waals surface area (Å²) in [5.74, 6) is 0.326. The monoisotopic (exact) mass is 269 g/mol. The lowest BCUT2D eigenvalue weighted by molar-refractivity contribution is 0.102. The van der Waals surface area contributed by atoms with Gasteiger partial charge in [-0.25, -0.2) is 0 Å². The summed E-state index contributed by atoms with van der Waals surface area (Å²) >= 11 is 0. The van der Waals surface area contributed by atoms with E-state index >= 15 is 0 Å². The maximum atomic E-state index is 12.1. The van der Waals surface area contributed by atoms with E-state index in [4.69, 9.17) is 0 Å². The van der Waals surface area contributed by atoms with Crippen LogP contribution in [0.5, 0.6) is 5.75 Å². The third-order valence-corrected chi connectivity index (χ3v) is 3.26. The van der Waals surface area contributed by atoms with Gasteiger partial charge in [-0.15, -0.1) is 0 Å². The molecule has 0 unspecified atom stereocenters. The Balaban J connectivity index is 2.18. The molecule has 0 saturated heterocycles. The van der Waals surface area contributed by atoms with Gasteiger partial charge in [-0.1, -0.05) is 26.0 Å². The van der Waals surface area contributed by atoms with Crippen LogP contribution in [0.1, 0.15) is 41.3 Å². The Morgan fingerprint density at radius 2 is 1.90 bits per heavy atom. The number of rotatable bonds is 3. The van der Waals surface area contributed by atoms with Crippen LogP contribution in [0.25, 0.3) is 0 Å². The first kappa shape index (κ1) is 14.1. The molecule has 2 N–H and O–H groups in total. The standard InChI is InChI=1S/C17H19NO2/c1-11(2)16-8-7-14(9-12(16)3)18-17(20)13-5-4-6-15(19)10-13/h4-11,19H,1-3H3,(H,18,20). The third kappa shape index (κ3) is 3.18. The molecular formula is C17H19NO2. The molecule has 104 valence electrons. The van der Waals surface area contributed by atoms with Gasteiger partial charge in [0.1, 0.15) is 5.75 Å². The molecule has 0 aromatic heterocycles. The molecule has 2 rings (SSSR count). The average molecular weight is 269 g/mol. The Kier molecular flexibility index (Phi) is 4.08. The van der Waals surface area contributed by atoms with Gasteiger partial charge in [-0.05, 0) is 54.3 Å². The molecule has 0 atom stereocenters. The Morgan fingerprint density at radius 3 is 2.50 bits per heavy atom. The summed E-state index contributed by atoms with van der Waals surface area (Å²) in [6.07, 6.45) is 0. The lowest BCUT2D eigenvalue weighted by Crippen LogP contribution is -2.12. The van der Waals surface area contributed by atoms with Crippen LogP contribution in [0, 0.1) is 6.92 Å². The van der Waals surface area contributed by atoms with Crippen LogP contribution < -0.4 is 5.32 Å². The molecule has 0 saturated carbocycles. The highest BCUT2D eigenvalue weighted by molar-refractivity contribution is 6.04. The van der Waals surface area contributed by atoms with Crippen molar-refractivity contribution in [1.82, 2.24) is 0 Å². The summed E-state index contributed by atoms with van der Waals surface area (Å²) in [5, 5.41) is 12.2. The van der Waals surface area contributed by atoms with Gasteiger partial charge in [0.25, 0.3) is 5.91 Å². The number of nitrogens with one attached hydrogen (secondary N) is 1. The highest BCUT2D eigenvalue weighted by Gasteiger charge is 2.09. The summed E-state index contributed by atoms with van der Waals surface area (Å²) in [6.45, 7) is 6.33. The molecule has 0 aliphatic heterocycles. The van der Waals surface area contributed by atoms with Crippen molar-refractivity contribution in [1.29, 1.82) is 0 Å². The lowest BCUT2D eigenvalue weighted by atomic mass is 9.97. The van der Waals surface area contributed by atoms with E-state index in [1.165, 1.54) is 11.6 Å². The van der Waals surface area contributed by atoms with Crippen LogP contribution in [0.2, 0.25) is 0 Å². The van der Waals surface area contributed by atoms with Crippen molar-refractivity contribution in [2.24, 2.45) is 0 Å². The highest BCUT2D eigenvalue weighted by atomic mass is 16.3. The van der Waals surface area contributed by atoms with Crippen LogP contribution >= 0.6 is 0 Å². The summed E-state index contributed by atoms with van der Waals surface area (Å²) in [6, 6.07) is 12.2. The number of hydrogen-bond acceptors (Lipinski definition) is 2. The fourth-order valence-electron chi connectivity index (χ4n) is 2.25. The van der Waals surface area contributed by atoms with Gasteiger partial charge >= 0.3 is 0 Å². The van der Waals surface area contributed by atoms with E-state index in [-0.39, 0.29) is 11.7 Å². The number of amides is 1. The van der Waals surface area contributed by atoms with Gasteiger partial charge in [-0.3, -0.25) is 4.79 Å². The van der Waals surface area contributed by atoms with Crippen LogP contribution in [0.3, 0.4) is 0 Å². The molecule has 1 amide bonds. The zero-order chi connectivity index (χ0) is 14.7. The van der Waals surface area contributed by atoms with Crippen molar-refractivity contribution in [2.45, 2.75) is 26.7 Å². The molecule has 0 spiro atoms. The molecule has 0 heterocycles. The van der Waals surface area contributed by atoms with Crippen LogP contribution in [0.15, 0.2) is 42.5 Å². The van der Waals surface area contributed by atoms with Gasteiger partial charge in [0.2, 0.25) is 0 Å². The van der Waals surface area contributed by atoms with E-state index < -0.39 is 0 Å². The van der Waals surface area contributed by atoms with Crippen LogP contribution in [-0.2, 0) is 0 Å². The molecule has 2 aromatic carbocycles. The maximum absolute atomic E-state index is 12.1. The predicted molar refractivity (Wildman–Crippen MR) is 81.3 cm³/mol. The molecule has 0 aliphatic rings. The molecule has 3 heteroatoms. The van der Waals surface area contributed by atoms with E-state index in [0.717, 1.165) is 11.3 Å². The van der Waals surface area contributed by atoms with E-state index in [1.54, 1.807) is 18.2 Å². The van der Waals surface area contributed by atoms with Crippen molar-refractivity contribution in [3.05, 3.63) is 59.2 Å². The predicted octanol–water partition coefficient (Wildman–Crippen LogP) is 4.08. The average Bonchev–Trinajstić information content (AvgIpc) is 2.38. The van der Waals surface area contributed by atoms with Gasteiger partial charge in [-0.2, -0.15) is 0 Å². The maximum Gasteiger partial charge on any atom is 0.255 e. The van der Waals surface area contributed by atoms with E-state index in [0.29, 0.717) is 11.5 Å². The molecule has 20 heavy (non-hydrogen) atoms. The first-order valence-electron chi connectivity index (χ1n) is 6.68. The van der Waals surface area contributed by atoms with Crippen LogP contribution in [-0.4, -0.2) is 11.0 Å². The molecule has 3 nitrogen and oxygen atoms in total. The van der Waals surface area contributed by atoms with E-state index in [1.807, 2.05) is 25.1 Å². The Hall–Kier alpha value is -2.29. The second-order valence-electron chi connectivity index (χ2n) is 5.23. The van der Waals surface area contributed by atoms with Gasteiger partial charge in [0.15, 0.2) is 0 Å². The molecule has 2 aromatic rings. The normalized spacial score (nSPS) is 10.6. The number of aromatic hydroxyl groups is 1. The molecule has 0 fully saturated rings. The minimum absolute atomic E-state index is 0.0870. The number of carbonyl (C=O) groups is 1. The van der Waals surface area contributed by atoms with Crippen molar-refractivity contribution in [2.75, 3.05) is 5.32 Å². The van der Waals surface area contributed by atoms with Gasteiger partial charge in [0.05, 0.1) is 0 Å². The number of carbonyl (C=O) groups excluding carboxylic acids is 1. The van der Waals surface area contributed by atoms with E-state index in [9.17, 15) is 9.90 Å². The number of benzene rings is 2. The lowest BCUT2D eigenvalue weighted by Gasteiger charge is -2.12. The Labute approximate surface area is 119 Å². The fraction of sp³-hybridized carbons (Fsp3) is 0.235. The quantitative estimate of drug-likeness (QED) is 0.882. The van der Waals surface area contributed by atoms with Crippen molar-refractivity contribution >= 4 is 11.6 Å². The molecule has 0 aliphatic carbocycles. The largest absolute Gasteiger partial charge is 0.508 e. The molecule has 0 radical (unpaired) electrons. The van der Waals surface area contributed by atoms with Crippen LogP contribution in [0.4, 0.5) is 5.69 Å². The summed E-state index contributed by atoms with van der Waals surface area (Å²) in [7, 11) is 0. The zero-order valence-corrected chi connectivity index (χ0v) is 12.0. The summed E-state index contributed by atoms with van der Waals surface area (Å²) in [5.41, 5.74) is 3.64. The second kappa shape index (κ2) is 5.78.